The first-order valence-electron chi connectivity index (χ1n) is 7.73. The second kappa shape index (κ2) is 6.43. The van der Waals surface area contributed by atoms with E-state index in [4.69, 9.17) is 0 Å². The van der Waals surface area contributed by atoms with E-state index in [0.717, 1.165) is 25.3 Å². The smallest absolute Gasteiger partial charge is 0.243 e. The maximum Gasteiger partial charge on any atom is 0.243 e. The molecule has 1 aromatic heterocycles. The highest BCUT2D eigenvalue weighted by Crippen LogP contribution is 2.18. The second-order valence-electron chi connectivity index (χ2n) is 5.91. The van der Waals surface area contributed by atoms with Gasteiger partial charge in [0.15, 0.2) is 0 Å². The number of nitrogens with zero attached hydrogens (tertiary/aromatic N) is 4. The summed E-state index contributed by atoms with van der Waals surface area (Å²) in [5.74, 6) is 0. The Labute approximate surface area is 137 Å². The summed E-state index contributed by atoms with van der Waals surface area (Å²) in [6, 6.07) is 8.65. The third-order valence-corrected chi connectivity index (χ3v) is 6.13. The van der Waals surface area contributed by atoms with Gasteiger partial charge in [0.2, 0.25) is 10.0 Å². The van der Waals surface area contributed by atoms with Crippen LogP contribution in [0.3, 0.4) is 0 Å². The van der Waals surface area contributed by atoms with E-state index in [0.29, 0.717) is 18.0 Å². The van der Waals surface area contributed by atoms with Gasteiger partial charge in [-0.2, -0.15) is 9.40 Å². The van der Waals surface area contributed by atoms with Crippen LogP contribution in [0.2, 0.25) is 0 Å². The van der Waals surface area contributed by atoms with Gasteiger partial charge in [-0.15, -0.1) is 0 Å². The van der Waals surface area contributed by atoms with Crippen LogP contribution in [0.5, 0.6) is 0 Å². The van der Waals surface area contributed by atoms with Crippen molar-refractivity contribution in [1.29, 1.82) is 0 Å². The Balaban J connectivity index is 1.63. The number of benzene rings is 1. The van der Waals surface area contributed by atoms with Crippen LogP contribution in [0.1, 0.15) is 11.3 Å². The first-order valence-corrected chi connectivity index (χ1v) is 9.17. The highest BCUT2D eigenvalue weighted by atomic mass is 32.2. The Morgan fingerprint density at radius 2 is 1.74 bits per heavy atom. The fraction of sp³-hybridized carbons (Fsp3) is 0.438. The van der Waals surface area contributed by atoms with E-state index in [1.165, 1.54) is 5.56 Å². The van der Waals surface area contributed by atoms with E-state index in [1.54, 1.807) is 28.6 Å². The molecule has 0 aliphatic carbocycles. The monoisotopic (exact) mass is 334 g/mol. The Bertz CT molecular complexity index is 763. The van der Waals surface area contributed by atoms with E-state index < -0.39 is 10.0 Å². The first kappa shape index (κ1) is 16.2. The van der Waals surface area contributed by atoms with Crippen molar-refractivity contribution in [1.82, 2.24) is 19.0 Å². The molecule has 23 heavy (non-hydrogen) atoms. The van der Waals surface area contributed by atoms with Crippen LogP contribution < -0.4 is 0 Å². The summed E-state index contributed by atoms with van der Waals surface area (Å²) in [5, 5.41) is 4.35. The van der Waals surface area contributed by atoms with Crippen molar-refractivity contribution >= 4 is 10.0 Å². The van der Waals surface area contributed by atoms with Gasteiger partial charge in [0, 0.05) is 51.5 Å². The Kier molecular flexibility index (Phi) is 4.52. The number of aryl methyl sites for hydroxylation is 2. The number of hydrogen-bond donors (Lipinski definition) is 0. The van der Waals surface area contributed by atoms with Gasteiger partial charge >= 0.3 is 0 Å². The minimum Gasteiger partial charge on any atom is -0.296 e. The van der Waals surface area contributed by atoms with Crippen molar-refractivity contribution < 1.29 is 8.42 Å². The third-order valence-electron chi connectivity index (χ3n) is 4.22. The summed E-state index contributed by atoms with van der Waals surface area (Å²) in [6.07, 6.45) is 2.03. The molecule has 0 spiro atoms. The van der Waals surface area contributed by atoms with Gasteiger partial charge in [-0.1, -0.05) is 18.2 Å². The molecule has 3 rings (SSSR count). The van der Waals surface area contributed by atoms with Crippen molar-refractivity contribution in [2.24, 2.45) is 7.05 Å². The van der Waals surface area contributed by atoms with Gasteiger partial charge < -0.3 is 0 Å². The molecular weight excluding hydrogens is 312 g/mol. The van der Waals surface area contributed by atoms with Crippen molar-refractivity contribution in [2.45, 2.75) is 18.4 Å². The fourth-order valence-electron chi connectivity index (χ4n) is 2.91. The van der Waals surface area contributed by atoms with Gasteiger partial charge in [0.25, 0.3) is 0 Å². The number of hydrogen-bond acceptors (Lipinski definition) is 4. The van der Waals surface area contributed by atoms with E-state index in [2.05, 4.69) is 10.00 Å². The zero-order chi connectivity index (χ0) is 16.4. The number of rotatable bonds is 4. The van der Waals surface area contributed by atoms with E-state index >= 15 is 0 Å². The minimum absolute atomic E-state index is 0.372. The lowest BCUT2D eigenvalue weighted by atomic mass is 10.2. The van der Waals surface area contributed by atoms with Crippen molar-refractivity contribution in [3.8, 4) is 0 Å². The molecule has 1 fully saturated rings. The molecule has 7 heteroatoms. The molecule has 1 aromatic carbocycles. The van der Waals surface area contributed by atoms with Gasteiger partial charge in [0.1, 0.15) is 0 Å². The van der Waals surface area contributed by atoms with E-state index in [1.807, 2.05) is 30.9 Å². The molecule has 6 nitrogen and oxygen atoms in total. The molecule has 1 aliphatic rings. The SMILES string of the molecule is Cc1nn(C)cc1CN1CCN(S(=O)(=O)c2ccccc2)CC1. The largest absolute Gasteiger partial charge is 0.296 e. The van der Waals surface area contributed by atoms with Crippen LogP contribution in [-0.4, -0.2) is 53.6 Å². The van der Waals surface area contributed by atoms with Crippen molar-refractivity contribution in [3.05, 3.63) is 47.8 Å². The van der Waals surface area contributed by atoms with E-state index in [9.17, 15) is 8.42 Å². The molecule has 0 saturated carbocycles. The molecular formula is C16H22N4O2S. The van der Waals surface area contributed by atoms with E-state index in [-0.39, 0.29) is 0 Å². The third kappa shape index (κ3) is 3.46. The molecule has 0 atom stereocenters. The van der Waals surface area contributed by atoms with Crippen LogP contribution in [0.15, 0.2) is 41.4 Å². The van der Waals surface area contributed by atoms with Crippen LogP contribution in [0, 0.1) is 6.92 Å². The van der Waals surface area contributed by atoms with Crippen molar-refractivity contribution in [2.75, 3.05) is 26.2 Å². The molecule has 0 N–H and O–H groups in total. The topological polar surface area (TPSA) is 58.4 Å². The predicted octanol–water partition coefficient (Wildman–Crippen LogP) is 1.24. The quantitative estimate of drug-likeness (QED) is 0.844. The molecule has 2 heterocycles. The molecule has 124 valence electrons. The summed E-state index contributed by atoms with van der Waals surface area (Å²) in [6.45, 7) is 5.35. The van der Waals surface area contributed by atoms with Gasteiger partial charge in [-0.3, -0.25) is 9.58 Å². The highest BCUT2D eigenvalue weighted by Gasteiger charge is 2.28. The maximum atomic E-state index is 12.6. The number of aromatic nitrogens is 2. The van der Waals surface area contributed by atoms with Crippen LogP contribution in [0.25, 0.3) is 0 Å². The summed E-state index contributed by atoms with van der Waals surface area (Å²) in [4.78, 5) is 2.65. The Morgan fingerprint density at radius 3 is 2.30 bits per heavy atom. The molecule has 1 aliphatic heterocycles. The van der Waals surface area contributed by atoms with Crippen molar-refractivity contribution in [3.63, 3.8) is 0 Å². The minimum atomic E-state index is -3.37. The summed E-state index contributed by atoms with van der Waals surface area (Å²) < 4.78 is 28.6. The highest BCUT2D eigenvalue weighted by molar-refractivity contribution is 7.89. The predicted molar refractivity (Wildman–Crippen MR) is 88.4 cm³/mol. The fourth-order valence-corrected chi connectivity index (χ4v) is 4.36. The second-order valence-corrected chi connectivity index (χ2v) is 7.84. The summed E-state index contributed by atoms with van der Waals surface area (Å²) in [5.41, 5.74) is 2.23. The Morgan fingerprint density at radius 1 is 1.09 bits per heavy atom. The molecule has 0 amide bonds. The van der Waals surface area contributed by atoms with Crippen LogP contribution in [-0.2, 0) is 23.6 Å². The number of piperazine rings is 1. The lowest BCUT2D eigenvalue weighted by Gasteiger charge is -2.33. The zero-order valence-corrected chi connectivity index (χ0v) is 14.3. The van der Waals surface area contributed by atoms with Crippen LogP contribution in [0.4, 0.5) is 0 Å². The van der Waals surface area contributed by atoms with Gasteiger partial charge in [-0.05, 0) is 19.1 Å². The molecule has 0 unspecified atom stereocenters. The normalized spacial score (nSPS) is 17.5. The summed E-state index contributed by atoms with van der Waals surface area (Å²) in [7, 11) is -1.45. The Hall–Kier alpha value is -1.70. The average molecular weight is 334 g/mol. The van der Waals surface area contributed by atoms with Crippen LogP contribution >= 0.6 is 0 Å². The zero-order valence-electron chi connectivity index (χ0n) is 13.5. The molecule has 2 aromatic rings. The number of sulfonamides is 1. The average Bonchev–Trinajstić information content (AvgIpc) is 2.86. The first-order chi connectivity index (χ1) is 11.0. The lowest BCUT2D eigenvalue weighted by molar-refractivity contribution is 0.181. The van der Waals surface area contributed by atoms with Gasteiger partial charge in [-0.25, -0.2) is 8.42 Å². The molecule has 1 saturated heterocycles. The molecule has 0 radical (unpaired) electrons. The molecule has 0 bridgehead atoms. The lowest BCUT2D eigenvalue weighted by Crippen LogP contribution is -2.48. The summed E-state index contributed by atoms with van der Waals surface area (Å²) >= 11 is 0. The van der Waals surface area contributed by atoms with Gasteiger partial charge in [0.05, 0.1) is 10.6 Å². The standard InChI is InChI=1S/C16H22N4O2S/c1-14-15(12-18(2)17-14)13-19-8-10-20(11-9-19)23(21,22)16-6-4-3-5-7-16/h3-7,12H,8-11,13H2,1-2H3. The maximum absolute atomic E-state index is 12.6.